The Labute approximate surface area is 153 Å². The number of guanidine groups is 1. The van der Waals surface area contributed by atoms with Gasteiger partial charge in [-0.1, -0.05) is 6.42 Å². The van der Waals surface area contributed by atoms with Gasteiger partial charge in [0, 0.05) is 32.8 Å². The van der Waals surface area contributed by atoms with E-state index >= 15 is 0 Å². The van der Waals surface area contributed by atoms with Gasteiger partial charge in [-0.25, -0.2) is 0 Å². The molecule has 1 spiro atoms. The second kappa shape index (κ2) is 9.29. The number of rotatable bonds is 6. The van der Waals surface area contributed by atoms with E-state index in [0.717, 1.165) is 25.6 Å². The predicted molar refractivity (Wildman–Crippen MR) is 95.4 cm³/mol. The van der Waals surface area contributed by atoms with E-state index in [0.29, 0.717) is 18.4 Å². The monoisotopic (exact) mass is 449 g/mol. The molecule has 1 aliphatic heterocycles. The molecule has 0 unspecified atom stereocenters. The third kappa shape index (κ3) is 6.64. The Morgan fingerprint density at radius 1 is 1.30 bits per heavy atom. The summed E-state index contributed by atoms with van der Waals surface area (Å²) in [4.78, 5) is 6.81. The van der Waals surface area contributed by atoms with Gasteiger partial charge in [0.25, 0.3) is 0 Å². The minimum Gasteiger partial charge on any atom is -0.372 e. The van der Waals surface area contributed by atoms with Gasteiger partial charge < -0.3 is 15.0 Å². The highest BCUT2D eigenvalue weighted by molar-refractivity contribution is 14.0. The molecule has 4 nitrogen and oxygen atoms in total. The number of hydrogen-bond acceptors (Lipinski definition) is 2. The maximum Gasteiger partial charge on any atom is 0.411 e. The average molecular weight is 449 g/mol. The number of aliphatic imine (C=N–C) groups is 1. The first-order valence-corrected chi connectivity index (χ1v) is 8.12. The first-order chi connectivity index (χ1) is 10.4. The Bertz CT molecular complexity index is 387. The van der Waals surface area contributed by atoms with Crippen LogP contribution in [0.4, 0.5) is 13.2 Å². The molecule has 1 N–H and O–H groups in total. The van der Waals surface area contributed by atoms with E-state index in [-0.39, 0.29) is 30.6 Å². The molecule has 2 aliphatic rings. The van der Waals surface area contributed by atoms with Crippen molar-refractivity contribution in [3.8, 4) is 0 Å². The number of hydrogen-bond donors (Lipinski definition) is 1. The van der Waals surface area contributed by atoms with Gasteiger partial charge >= 0.3 is 6.18 Å². The minimum absolute atomic E-state index is 0. The largest absolute Gasteiger partial charge is 0.411 e. The Balaban J connectivity index is 0.00000264. The van der Waals surface area contributed by atoms with Gasteiger partial charge in [0.2, 0.25) is 0 Å². The van der Waals surface area contributed by atoms with Crippen molar-refractivity contribution in [1.29, 1.82) is 0 Å². The van der Waals surface area contributed by atoms with Crippen molar-refractivity contribution >= 4 is 29.9 Å². The third-order valence-corrected chi connectivity index (χ3v) is 4.46. The van der Waals surface area contributed by atoms with Crippen LogP contribution in [0, 0.1) is 5.41 Å². The smallest absolute Gasteiger partial charge is 0.372 e. The van der Waals surface area contributed by atoms with Crippen LogP contribution in [-0.4, -0.2) is 56.4 Å². The third-order valence-electron chi connectivity index (χ3n) is 4.46. The number of likely N-dealkylation sites (tertiary alicyclic amines) is 1. The fourth-order valence-corrected chi connectivity index (χ4v) is 3.17. The van der Waals surface area contributed by atoms with E-state index < -0.39 is 12.8 Å². The lowest BCUT2D eigenvalue weighted by molar-refractivity contribution is -0.173. The van der Waals surface area contributed by atoms with Crippen molar-refractivity contribution in [3.05, 3.63) is 0 Å². The van der Waals surface area contributed by atoms with Crippen LogP contribution in [0.2, 0.25) is 0 Å². The van der Waals surface area contributed by atoms with E-state index in [2.05, 4.69) is 19.9 Å². The number of ether oxygens (including phenoxy) is 1. The summed E-state index contributed by atoms with van der Waals surface area (Å²) in [5, 5.41) is 3.28. The molecule has 2 rings (SSSR count). The number of alkyl halides is 3. The lowest BCUT2D eigenvalue weighted by Gasteiger charge is -2.38. The second-order valence-electron chi connectivity index (χ2n) is 6.28. The maximum atomic E-state index is 11.9. The zero-order valence-corrected chi connectivity index (χ0v) is 16.0. The summed E-state index contributed by atoms with van der Waals surface area (Å²) in [7, 11) is 0. The van der Waals surface area contributed by atoms with Crippen LogP contribution in [0.25, 0.3) is 0 Å². The predicted octanol–water partition coefficient (Wildman–Crippen LogP) is 3.41. The fourth-order valence-electron chi connectivity index (χ4n) is 3.17. The molecule has 1 saturated carbocycles. The Morgan fingerprint density at radius 2 is 2.04 bits per heavy atom. The summed E-state index contributed by atoms with van der Waals surface area (Å²) in [5.74, 6) is 0.891. The zero-order valence-electron chi connectivity index (χ0n) is 13.6. The molecule has 8 heteroatoms. The molecule has 0 aromatic carbocycles. The first-order valence-electron chi connectivity index (χ1n) is 8.12. The van der Waals surface area contributed by atoms with Crippen molar-refractivity contribution in [3.63, 3.8) is 0 Å². The molecule has 23 heavy (non-hydrogen) atoms. The Morgan fingerprint density at radius 3 is 2.57 bits per heavy atom. The van der Waals surface area contributed by atoms with Crippen molar-refractivity contribution in [2.45, 2.75) is 45.2 Å². The summed E-state index contributed by atoms with van der Waals surface area (Å²) in [6.45, 7) is 4.31. The molecule has 1 heterocycles. The summed E-state index contributed by atoms with van der Waals surface area (Å²) < 4.78 is 40.4. The summed E-state index contributed by atoms with van der Waals surface area (Å²) in [6, 6.07) is 0. The van der Waals surface area contributed by atoms with Crippen LogP contribution in [0.15, 0.2) is 4.99 Å². The lowest BCUT2D eigenvalue weighted by atomic mass is 9.68. The molecule has 0 aromatic rings. The van der Waals surface area contributed by atoms with Crippen LogP contribution < -0.4 is 5.32 Å². The first kappa shape index (κ1) is 20.8. The van der Waals surface area contributed by atoms with Gasteiger partial charge in [-0.15, -0.1) is 24.0 Å². The van der Waals surface area contributed by atoms with Crippen LogP contribution >= 0.6 is 24.0 Å². The fraction of sp³-hybridized carbons (Fsp3) is 0.933. The van der Waals surface area contributed by atoms with Crippen molar-refractivity contribution in [2.24, 2.45) is 10.4 Å². The Kier molecular flexibility index (Phi) is 8.40. The van der Waals surface area contributed by atoms with E-state index in [1.165, 1.54) is 25.7 Å². The topological polar surface area (TPSA) is 36.9 Å². The molecule has 0 atom stereocenters. The van der Waals surface area contributed by atoms with Gasteiger partial charge in [-0.05, 0) is 38.0 Å². The molecule has 1 aliphatic carbocycles. The van der Waals surface area contributed by atoms with Crippen molar-refractivity contribution in [1.82, 2.24) is 10.2 Å². The highest BCUT2D eigenvalue weighted by Gasteiger charge is 2.43. The minimum atomic E-state index is -4.25. The number of nitrogens with one attached hydrogen (secondary N) is 1. The van der Waals surface area contributed by atoms with Gasteiger partial charge in [-0.2, -0.15) is 13.2 Å². The molecule has 1 saturated heterocycles. The lowest BCUT2D eigenvalue weighted by Crippen LogP contribution is -2.42. The van der Waals surface area contributed by atoms with Crippen LogP contribution in [0.1, 0.15) is 39.0 Å². The summed E-state index contributed by atoms with van der Waals surface area (Å²) in [5.41, 5.74) is 0.506. The molecular formula is C15H27F3IN3O. The highest BCUT2D eigenvalue weighted by atomic mass is 127. The van der Waals surface area contributed by atoms with E-state index in [9.17, 15) is 13.2 Å². The van der Waals surface area contributed by atoms with E-state index in [1.54, 1.807) is 0 Å². The molecule has 136 valence electrons. The van der Waals surface area contributed by atoms with E-state index in [4.69, 9.17) is 0 Å². The molecule has 0 aromatic heterocycles. The average Bonchev–Trinajstić information content (AvgIpc) is 2.85. The normalized spacial score (nSPS) is 20.3. The van der Waals surface area contributed by atoms with Gasteiger partial charge in [0.05, 0.1) is 0 Å². The van der Waals surface area contributed by atoms with Crippen molar-refractivity contribution < 1.29 is 17.9 Å². The van der Waals surface area contributed by atoms with Crippen LogP contribution in [0.3, 0.4) is 0 Å². The quantitative estimate of drug-likeness (QED) is 0.292. The summed E-state index contributed by atoms with van der Waals surface area (Å²) in [6.07, 6.45) is 1.45. The highest BCUT2D eigenvalue weighted by Crippen LogP contribution is 2.47. The van der Waals surface area contributed by atoms with Gasteiger partial charge in [0.1, 0.15) is 6.61 Å². The number of halogens is 4. The molecule has 2 fully saturated rings. The van der Waals surface area contributed by atoms with Crippen LogP contribution in [0.5, 0.6) is 0 Å². The standard InChI is InChI=1S/C15H26F3N3O.HI/c1-2-19-13(20-8-4-10-22-12-15(16,17)18)21-9-7-14(11-21)5-3-6-14;/h2-12H2,1H3,(H,19,20);1H. The van der Waals surface area contributed by atoms with E-state index in [1.807, 2.05) is 6.92 Å². The van der Waals surface area contributed by atoms with Crippen LogP contribution in [-0.2, 0) is 4.74 Å². The van der Waals surface area contributed by atoms with Gasteiger partial charge in [-0.3, -0.25) is 4.99 Å². The maximum absolute atomic E-state index is 11.9. The summed E-state index contributed by atoms with van der Waals surface area (Å²) >= 11 is 0. The molecule has 0 bridgehead atoms. The van der Waals surface area contributed by atoms with Crippen molar-refractivity contribution in [2.75, 3.05) is 39.4 Å². The molecule has 0 amide bonds. The number of nitrogens with zero attached hydrogens (tertiary/aromatic N) is 2. The second-order valence-corrected chi connectivity index (χ2v) is 6.28. The zero-order chi connectivity index (χ0) is 16.1. The SMILES string of the molecule is CCNC(=NCCCOCC(F)(F)F)N1CCC2(CCC2)C1.I. The Hall–Kier alpha value is -0.250. The van der Waals surface area contributed by atoms with Gasteiger partial charge in [0.15, 0.2) is 5.96 Å². The molecular weight excluding hydrogens is 422 g/mol. The molecule has 0 radical (unpaired) electrons.